The second-order valence-corrected chi connectivity index (χ2v) is 5.37. The van der Waals surface area contributed by atoms with Gasteiger partial charge in [-0.15, -0.1) is 11.8 Å². The van der Waals surface area contributed by atoms with E-state index >= 15 is 0 Å². The number of aromatic nitrogens is 1. The van der Waals surface area contributed by atoms with E-state index in [0.29, 0.717) is 11.3 Å². The van der Waals surface area contributed by atoms with Gasteiger partial charge in [-0.3, -0.25) is 9.78 Å². The van der Waals surface area contributed by atoms with Crippen molar-refractivity contribution in [3.05, 3.63) is 58.8 Å². The summed E-state index contributed by atoms with van der Waals surface area (Å²) in [7, 11) is 0. The summed E-state index contributed by atoms with van der Waals surface area (Å²) in [6.07, 6.45) is 3.27. The zero-order chi connectivity index (χ0) is 12.1. The third-order valence-corrected chi connectivity index (χ3v) is 3.71. The van der Waals surface area contributed by atoms with Gasteiger partial charge in [0.25, 0.3) is 0 Å². The molecular formula is C13H10BrNOS. The van der Waals surface area contributed by atoms with Gasteiger partial charge < -0.3 is 0 Å². The van der Waals surface area contributed by atoms with E-state index in [1.54, 1.807) is 24.5 Å². The molecule has 1 aromatic carbocycles. The Morgan fingerprint density at radius 2 is 2.00 bits per heavy atom. The number of hydrogen-bond donors (Lipinski definition) is 0. The predicted molar refractivity (Wildman–Crippen MR) is 73.4 cm³/mol. The van der Waals surface area contributed by atoms with Crippen LogP contribution < -0.4 is 0 Å². The summed E-state index contributed by atoms with van der Waals surface area (Å²) in [4.78, 5) is 16.8. The van der Waals surface area contributed by atoms with Crippen molar-refractivity contribution < 1.29 is 4.79 Å². The van der Waals surface area contributed by atoms with E-state index in [9.17, 15) is 4.79 Å². The molecule has 2 aromatic rings. The van der Waals surface area contributed by atoms with Crippen LogP contribution in [0.2, 0.25) is 0 Å². The van der Waals surface area contributed by atoms with Crippen LogP contribution in [-0.4, -0.2) is 16.5 Å². The Morgan fingerprint density at radius 3 is 2.65 bits per heavy atom. The van der Waals surface area contributed by atoms with E-state index in [-0.39, 0.29) is 5.78 Å². The standard InChI is InChI=1S/C13H10BrNOS/c14-11-3-5-12(6-4-11)17-9-13(16)10-2-1-7-15-8-10/h1-8H,9H2. The molecule has 17 heavy (non-hydrogen) atoms. The molecule has 0 amide bonds. The number of benzene rings is 1. The molecule has 0 saturated carbocycles. The van der Waals surface area contributed by atoms with E-state index in [2.05, 4.69) is 20.9 Å². The third-order valence-electron chi connectivity index (χ3n) is 2.17. The lowest BCUT2D eigenvalue weighted by Gasteiger charge is -2.01. The highest BCUT2D eigenvalue weighted by Crippen LogP contribution is 2.21. The monoisotopic (exact) mass is 307 g/mol. The van der Waals surface area contributed by atoms with Gasteiger partial charge in [0.2, 0.25) is 0 Å². The van der Waals surface area contributed by atoms with Crippen molar-refractivity contribution in [2.24, 2.45) is 0 Å². The molecule has 0 aliphatic heterocycles. The number of thioether (sulfide) groups is 1. The van der Waals surface area contributed by atoms with Gasteiger partial charge >= 0.3 is 0 Å². The van der Waals surface area contributed by atoms with Crippen molar-refractivity contribution >= 4 is 33.5 Å². The average Bonchev–Trinajstić information content (AvgIpc) is 2.39. The van der Waals surface area contributed by atoms with E-state index in [1.807, 2.05) is 24.3 Å². The molecule has 0 fully saturated rings. The summed E-state index contributed by atoms with van der Waals surface area (Å²) >= 11 is 4.91. The minimum atomic E-state index is 0.103. The molecule has 1 aromatic heterocycles. The molecule has 2 nitrogen and oxygen atoms in total. The first-order valence-corrected chi connectivity index (χ1v) is 6.85. The number of carbonyl (C=O) groups excluding carboxylic acids is 1. The van der Waals surface area contributed by atoms with Crippen molar-refractivity contribution in [3.8, 4) is 0 Å². The Bertz CT molecular complexity index is 499. The number of halogens is 1. The number of hydrogen-bond acceptors (Lipinski definition) is 3. The molecule has 1 heterocycles. The summed E-state index contributed by atoms with van der Waals surface area (Å²) in [6.45, 7) is 0. The van der Waals surface area contributed by atoms with Crippen LogP contribution in [0.15, 0.2) is 58.2 Å². The molecule has 0 unspecified atom stereocenters. The smallest absolute Gasteiger partial charge is 0.174 e. The fraction of sp³-hybridized carbons (Fsp3) is 0.0769. The van der Waals surface area contributed by atoms with Crippen molar-refractivity contribution in [3.63, 3.8) is 0 Å². The quantitative estimate of drug-likeness (QED) is 0.635. The largest absolute Gasteiger partial charge is 0.293 e. The van der Waals surface area contributed by atoms with Gasteiger partial charge in [-0.25, -0.2) is 0 Å². The number of rotatable bonds is 4. The second kappa shape index (κ2) is 5.98. The minimum Gasteiger partial charge on any atom is -0.293 e. The molecule has 0 bridgehead atoms. The highest BCUT2D eigenvalue weighted by molar-refractivity contribution is 9.10. The van der Waals surface area contributed by atoms with Crippen molar-refractivity contribution in [1.82, 2.24) is 4.98 Å². The molecule has 2 rings (SSSR count). The summed E-state index contributed by atoms with van der Waals surface area (Å²) in [5, 5.41) is 0. The normalized spacial score (nSPS) is 10.2. The maximum atomic E-state index is 11.8. The first-order chi connectivity index (χ1) is 8.25. The lowest BCUT2D eigenvalue weighted by atomic mass is 10.2. The van der Waals surface area contributed by atoms with Crippen LogP contribution in [0.4, 0.5) is 0 Å². The first-order valence-electron chi connectivity index (χ1n) is 5.07. The van der Waals surface area contributed by atoms with E-state index in [4.69, 9.17) is 0 Å². The van der Waals surface area contributed by atoms with Crippen LogP contribution in [-0.2, 0) is 0 Å². The molecule has 0 saturated heterocycles. The van der Waals surface area contributed by atoms with E-state index < -0.39 is 0 Å². The fourth-order valence-electron chi connectivity index (χ4n) is 1.29. The average molecular weight is 308 g/mol. The second-order valence-electron chi connectivity index (χ2n) is 3.41. The first kappa shape index (κ1) is 12.3. The Balaban J connectivity index is 1.95. The summed E-state index contributed by atoms with van der Waals surface area (Å²) in [5.74, 6) is 0.541. The molecule has 0 spiro atoms. The number of ketones is 1. The van der Waals surface area contributed by atoms with Crippen molar-refractivity contribution in [2.45, 2.75) is 4.90 Å². The predicted octanol–water partition coefficient (Wildman–Crippen LogP) is 3.82. The van der Waals surface area contributed by atoms with Gasteiger partial charge in [0.1, 0.15) is 0 Å². The maximum absolute atomic E-state index is 11.8. The van der Waals surface area contributed by atoms with Crippen LogP contribution in [0, 0.1) is 0 Å². The molecule has 0 aliphatic carbocycles. The Kier molecular flexibility index (Phi) is 4.34. The number of pyridine rings is 1. The van der Waals surface area contributed by atoms with Crippen LogP contribution >= 0.6 is 27.7 Å². The van der Waals surface area contributed by atoms with Gasteiger partial charge in [-0.2, -0.15) is 0 Å². The van der Waals surface area contributed by atoms with Gasteiger partial charge in [-0.05, 0) is 36.4 Å². The Morgan fingerprint density at radius 1 is 1.24 bits per heavy atom. The molecule has 0 aliphatic rings. The van der Waals surface area contributed by atoms with E-state index in [0.717, 1.165) is 9.37 Å². The summed E-state index contributed by atoms with van der Waals surface area (Å²) < 4.78 is 1.04. The van der Waals surface area contributed by atoms with Gasteiger partial charge in [-0.1, -0.05) is 15.9 Å². The van der Waals surface area contributed by atoms with Crippen LogP contribution in [0.3, 0.4) is 0 Å². The molecule has 4 heteroatoms. The molecule has 86 valence electrons. The van der Waals surface area contributed by atoms with Gasteiger partial charge in [0.15, 0.2) is 5.78 Å². The van der Waals surface area contributed by atoms with Gasteiger partial charge in [0, 0.05) is 27.3 Å². The van der Waals surface area contributed by atoms with Gasteiger partial charge in [0.05, 0.1) is 5.75 Å². The topological polar surface area (TPSA) is 30.0 Å². The number of carbonyl (C=O) groups is 1. The minimum absolute atomic E-state index is 0.103. The van der Waals surface area contributed by atoms with Crippen molar-refractivity contribution in [1.29, 1.82) is 0 Å². The number of nitrogens with zero attached hydrogens (tertiary/aromatic N) is 1. The summed E-state index contributed by atoms with van der Waals surface area (Å²) in [5.41, 5.74) is 0.664. The lowest BCUT2D eigenvalue weighted by Crippen LogP contribution is -2.02. The third kappa shape index (κ3) is 3.68. The zero-order valence-corrected chi connectivity index (χ0v) is 11.4. The fourth-order valence-corrected chi connectivity index (χ4v) is 2.35. The molecule has 0 N–H and O–H groups in total. The Labute approximate surface area is 113 Å². The van der Waals surface area contributed by atoms with Crippen molar-refractivity contribution in [2.75, 3.05) is 5.75 Å². The maximum Gasteiger partial charge on any atom is 0.174 e. The molecule has 0 atom stereocenters. The zero-order valence-electron chi connectivity index (χ0n) is 8.97. The SMILES string of the molecule is O=C(CSc1ccc(Br)cc1)c1cccnc1. The molecular weight excluding hydrogens is 298 g/mol. The summed E-state index contributed by atoms with van der Waals surface area (Å²) in [6, 6.07) is 11.5. The number of Topliss-reactive ketones (excluding diaryl/α,β-unsaturated/α-hetero) is 1. The van der Waals surface area contributed by atoms with Crippen LogP contribution in [0.25, 0.3) is 0 Å². The van der Waals surface area contributed by atoms with Crippen LogP contribution in [0.1, 0.15) is 10.4 Å². The Hall–Kier alpha value is -1.13. The van der Waals surface area contributed by atoms with E-state index in [1.165, 1.54) is 11.8 Å². The van der Waals surface area contributed by atoms with Crippen LogP contribution in [0.5, 0.6) is 0 Å². The highest BCUT2D eigenvalue weighted by Gasteiger charge is 2.06. The lowest BCUT2D eigenvalue weighted by molar-refractivity contribution is 0.102. The molecule has 0 radical (unpaired) electrons. The highest BCUT2D eigenvalue weighted by atomic mass is 79.9.